The number of methoxy groups -OCH3 is 1. The molecule has 1 aromatic heterocycles. The molecule has 208 valence electrons. The number of hydrogen-bond acceptors (Lipinski definition) is 6. The van der Waals surface area contributed by atoms with Crippen LogP contribution in [0.5, 0.6) is 11.5 Å². The van der Waals surface area contributed by atoms with Crippen LogP contribution in [-0.2, 0) is 11.0 Å². The van der Waals surface area contributed by atoms with Gasteiger partial charge in [-0.3, -0.25) is 4.79 Å². The minimum atomic E-state index is -4.47. The highest BCUT2D eigenvalue weighted by atomic mass is 19.4. The molecule has 1 saturated heterocycles. The van der Waals surface area contributed by atoms with Crippen molar-refractivity contribution in [3.05, 3.63) is 83.7 Å². The first-order chi connectivity index (χ1) is 19.2. The van der Waals surface area contributed by atoms with Gasteiger partial charge in [-0.25, -0.2) is 9.97 Å². The number of carbonyl (C=O) groups is 1. The zero-order valence-electron chi connectivity index (χ0n) is 21.9. The van der Waals surface area contributed by atoms with Crippen LogP contribution >= 0.6 is 0 Å². The van der Waals surface area contributed by atoms with E-state index in [1.807, 2.05) is 12.1 Å². The van der Waals surface area contributed by atoms with Crippen LogP contribution in [0.2, 0.25) is 0 Å². The molecule has 4 aromatic rings. The predicted molar refractivity (Wildman–Crippen MR) is 145 cm³/mol. The van der Waals surface area contributed by atoms with E-state index in [2.05, 4.69) is 15.3 Å². The number of rotatable bonds is 8. The number of amides is 1. The van der Waals surface area contributed by atoms with Gasteiger partial charge in [0.05, 0.1) is 36.4 Å². The summed E-state index contributed by atoms with van der Waals surface area (Å²) in [6, 6.07) is 15.2. The number of halogens is 3. The summed E-state index contributed by atoms with van der Waals surface area (Å²) in [7, 11) is 1.59. The van der Waals surface area contributed by atoms with Crippen molar-refractivity contribution in [3.63, 3.8) is 0 Å². The van der Waals surface area contributed by atoms with Crippen LogP contribution in [0.1, 0.15) is 35.4 Å². The topological polar surface area (TPSA) is 99.4 Å². The van der Waals surface area contributed by atoms with Crippen LogP contribution in [0.15, 0.2) is 67.0 Å². The fourth-order valence-corrected chi connectivity index (χ4v) is 5.04. The van der Waals surface area contributed by atoms with E-state index in [0.29, 0.717) is 46.4 Å². The molecular weight excluding hydrogens is 521 g/mol. The van der Waals surface area contributed by atoms with Gasteiger partial charge in [0.15, 0.2) is 11.5 Å². The number of fused-ring (bicyclic) bond motifs is 1. The van der Waals surface area contributed by atoms with Gasteiger partial charge < -0.3 is 20.5 Å². The highest BCUT2D eigenvalue weighted by molar-refractivity contribution is 5.94. The van der Waals surface area contributed by atoms with E-state index in [0.717, 1.165) is 49.0 Å². The van der Waals surface area contributed by atoms with Crippen LogP contribution in [0.4, 0.5) is 13.2 Å². The van der Waals surface area contributed by atoms with E-state index < -0.39 is 23.6 Å². The van der Waals surface area contributed by atoms with E-state index in [-0.39, 0.29) is 0 Å². The molecule has 0 saturated carbocycles. The predicted octanol–water partition coefficient (Wildman–Crippen LogP) is 5.32. The lowest BCUT2D eigenvalue weighted by molar-refractivity contribution is -0.137. The number of alkyl halides is 3. The van der Waals surface area contributed by atoms with Crippen molar-refractivity contribution in [2.24, 2.45) is 11.7 Å². The number of ether oxygens (including phenoxy) is 2. The Kier molecular flexibility index (Phi) is 7.88. The number of primary amides is 1. The lowest BCUT2D eigenvalue weighted by atomic mass is 9.89. The Labute approximate surface area is 229 Å². The van der Waals surface area contributed by atoms with Crippen LogP contribution in [-0.4, -0.2) is 42.7 Å². The molecule has 0 spiro atoms. The third-order valence-electron chi connectivity index (χ3n) is 7.23. The smallest absolute Gasteiger partial charge is 0.416 e. The normalized spacial score (nSPS) is 15.1. The second-order valence-electron chi connectivity index (χ2n) is 9.82. The number of piperidine rings is 1. The lowest BCUT2D eigenvalue weighted by Crippen LogP contribution is -2.30. The van der Waals surface area contributed by atoms with E-state index in [1.54, 1.807) is 31.4 Å². The first-order valence-electron chi connectivity index (χ1n) is 13.0. The highest BCUT2D eigenvalue weighted by Gasteiger charge is 2.31. The molecule has 40 heavy (non-hydrogen) atoms. The molecule has 1 unspecified atom stereocenters. The van der Waals surface area contributed by atoms with Crippen molar-refractivity contribution in [2.45, 2.75) is 24.9 Å². The third kappa shape index (κ3) is 5.86. The Hall–Kier alpha value is -4.18. The molecule has 1 atom stereocenters. The highest BCUT2D eigenvalue weighted by Crippen LogP contribution is 2.37. The van der Waals surface area contributed by atoms with Gasteiger partial charge in [-0.05, 0) is 61.2 Å². The fourth-order valence-electron chi connectivity index (χ4n) is 5.04. The second kappa shape index (κ2) is 11.5. The van der Waals surface area contributed by atoms with Gasteiger partial charge in [0.2, 0.25) is 5.91 Å². The van der Waals surface area contributed by atoms with E-state index >= 15 is 0 Å². The monoisotopic (exact) mass is 550 g/mol. The molecule has 2 heterocycles. The summed E-state index contributed by atoms with van der Waals surface area (Å²) in [4.78, 5) is 21.2. The summed E-state index contributed by atoms with van der Waals surface area (Å²) in [6.45, 7) is 2.58. The van der Waals surface area contributed by atoms with Crippen molar-refractivity contribution >= 4 is 16.8 Å². The summed E-state index contributed by atoms with van der Waals surface area (Å²) >= 11 is 0. The van der Waals surface area contributed by atoms with Crippen molar-refractivity contribution in [1.82, 2.24) is 15.3 Å². The summed E-state index contributed by atoms with van der Waals surface area (Å²) in [6.07, 6.45) is -0.865. The maximum Gasteiger partial charge on any atom is 0.416 e. The minimum absolute atomic E-state index is 0.377. The van der Waals surface area contributed by atoms with Gasteiger partial charge in [0.25, 0.3) is 0 Å². The Morgan fingerprint density at radius 1 is 1.00 bits per heavy atom. The van der Waals surface area contributed by atoms with Gasteiger partial charge in [-0.15, -0.1) is 0 Å². The minimum Gasteiger partial charge on any atom is -0.493 e. The fraction of sp³-hybridized carbons (Fsp3) is 0.300. The molecule has 10 heteroatoms. The number of nitrogens with one attached hydrogen (secondary N) is 1. The standard InChI is InChI=1S/C30H29F3N4O3/c1-39-25-14-23-24(15-26(25)40-16-18-10-12-35-13-11-18)36-17-37-28(23)21-4-2-19(3-5-21)27(29(34)38)20-6-8-22(9-7-20)30(31,32)33/h2-9,14-15,17-18,27,35H,10-13,16H2,1H3,(H2,34,38). The Balaban J connectivity index is 1.42. The quantitative estimate of drug-likeness (QED) is 0.308. The van der Waals surface area contributed by atoms with E-state index in [4.69, 9.17) is 15.2 Å². The van der Waals surface area contributed by atoms with Crippen molar-refractivity contribution in [1.29, 1.82) is 0 Å². The first-order valence-corrected chi connectivity index (χ1v) is 13.0. The largest absolute Gasteiger partial charge is 0.493 e. The zero-order chi connectivity index (χ0) is 28.3. The first kappa shape index (κ1) is 27.4. The molecule has 5 rings (SSSR count). The molecule has 3 N–H and O–H groups in total. The summed E-state index contributed by atoms with van der Waals surface area (Å²) in [5.74, 6) is 0.104. The van der Waals surface area contributed by atoms with Gasteiger partial charge >= 0.3 is 6.18 Å². The maximum atomic E-state index is 13.0. The number of hydrogen-bond donors (Lipinski definition) is 2. The number of aromatic nitrogens is 2. The van der Waals surface area contributed by atoms with E-state index in [9.17, 15) is 18.0 Å². The molecule has 7 nitrogen and oxygen atoms in total. The zero-order valence-corrected chi connectivity index (χ0v) is 21.9. The lowest BCUT2D eigenvalue weighted by Gasteiger charge is -2.23. The Morgan fingerprint density at radius 3 is 2.25 bits per heavy atom. The molecule has 0 aliphatic carbocycles. The maximum absolute atomic E-state index is 13.0. The molecule has 1 aliphatic rings. The van der Waals surface area contributed by atoms with Crippen LogP contribution < -0.4 is 20.5 Å². The molecular formula is C30H29F3N4O3. The average molecular weight is 551 g/mol. The summed E-state index contributed by atoms with van der Waals surface area (Å²) in [5, 5.41) is 4.11. The molecule has 0 bridgehead atoms. The van der Waals surface area contributed by atoms with Crippen LogP contribution in [0, 0.1) is 5.92 Å². The van der Waals surface area contributed by atoms with Gasteiger partial charge in [-0.1, -0.05) is 36.4 Å². The number of nitrogens with zero attached hydrogens (tertiary/aromatic N) is 2. The van der Waals surface area contributed by atoms with Crippen LogP contribution in [0.3, 0.4) is 0 Å². The number of nitrogens with two attached hydrogens (primary N) is 1. The van der Waals surface area contributed by atoms with Gasteiger partial charge in [0.1, 0.15) is 6.33 Å². The Morgan fingerprint density at radius 2 is 1.65 bits per heavy atom. The van der Waals surface area contributed by atoms with Gasteiger partial charge in [-0.2, -0.15) is 13.2 Å². The molecule has 3 aromatic carbocycles. The van der Waals surface area contributed by atoms with Crippen molar-refractivity contribution in [3.8, 4) is 22.8 Å². The van der Waals surface area contributed by atoms with Crippen LogP contribution in [0.25, 0.3) is 22.2 Å². The summed E-state index contributed by atoms with van der Waals surface area (Å²) < 4.78 is 50.7. The second-order valence-corrected chi connectivity index (χ2v) is 9.82. The Bertz CT molecular complexity index is 1490. The van der Waals surface area contributed by atoms with E-state index in [1.165, 1.54) is 18.5 Å². The average Bonchev–Trinajstić information content (AvgIpc) is 2.96. The summed E-state index contributed by atoms with van der Waals surface area (Å²) in [5.41, 5.74) is 7.91. The molecule has 1 fully saturated rings. The number of carbonyl (C=O) groups excluding carboxylic acids is 1. The molecule has 0 radical (unpaired) electrons. The molecule has 1 aliphatic heterocycles. The third-order valence-corrected chi connectivity index (χ3v) is 7.23. The van der Waals surface area contributed by atoms with Crippen molar-refractivity contribution < 1.29 is 27.4 Å². The van der Waals surface area contributed by atoms with Crippen molar-refractivity contribution in [2.75, 3.05) is 26.8 Å². The SMILES string of the molecule is COc1cc2c(-c3ccc(C(C(N)=O)c4ccc(C(F)(F)F)cc4)cc3)ncnc2cc1OCC1CCNCC1. The molecule has 1 amide bonds. The van der Waals surface area contributed by atoms with Gasteiger partial charge in [0, 0.05) is 17.0 Å². The number of benzene rings is 3.